The van der Waals surface area contributed by atoms with E-state index >= 15 is 0 Å². The summed E-state index contributed by atoms with van der Waals surface area (Å²) in [5, 5.41) is 2.67. The predicted octanol–water partition coefficient (Wildman–Crippen LogP) is 1.71. The van der Waals surface area contributed by atoms with E-state index in [9.17, 15) is 13.2 Å². The van der Waals surface area contributed by atoms with Gasteiger partial charge in [0.15, 0.2) is 9.84 Å². The number of amides is 1. The van der Waals surface area contributed by atoms with Gasteiger partial charge in [-0.25, -0.2) is 8.42 Å². The molecule has 1 aromatic carbocycles. The summed E-state index contributed by atoms with van der Waals surface area (Å²) in [5.74, 6) is -0.0380. The highest BCUT2D eigenvalue weighted by Crippen LogP contribution is 2.13. The Kier molecular flexibility index (Phi) is 5.76. The molecule has 0 aliphatic rings. The minimum Gasteiger partial charge on any atom is -0.352 e. The van der Waals surface area contributed by atoms with E-state index in [-0.39, 0.29) is 11.7 Å². The van der Waals surface area contributed by atoms with Gasteiger partial charge in [0, 0.05) is 6.54 Å². The monoisotopic (exact) mass is 281 g/mol. The number of hydrogen-bond donors (Lipinski definition) is 1. The Balaban J connectivity index is 2.62. The second kappa shape index (κ2) is 7.09. The van der Waals surface area contributed by atoms with E-state index in [1.54, 1.807) is 24.3 Å². The molecule has 19 heavy (non-hydrogen) atoms. The summed E-state index contributed by atoms with van der Waals surface area (Å²) < 4.78 is 23.6. The van der Waals surface area contributed by atoms with E-state index in [1.165, 1.54) is 6.08 Å². The first-order valence-electron chi connectivity index (χ1n) is 6.21. The summed E-state index contributed by atoms with van der Waals surface area (Å²) in [6.45, 7) is 5.71. The maximum Gasteiger partial charge on any atom is 0.243 e. The lowest BCUT2D eigenvalue weighted by atomic mass is 10.1. The Morgan fingerprint density at radius 1 is 1.32 bits per heavy atom. The molecule has 0 heterocycles. The molecule has 0 fully saturated rings. The number of carbonyl (C=O) groups excluding carboxylic acids is 1. The van der Waals surface area contributed by atoms with Crippen LogP contribution in [0.3, 0.4) is 0 Å². The van der Waals surface area contributed by atoms with E-state index in [1.807, 2.05) is 6.92 Å². The maximum atomic E-state index is 11.8. The third-order valence-electron chi connectivity index (χ3n) is 2.65. The van der Waals surface area contributed by atoms with Crippen LogP contribution < -0.4 is 5.32 Å². The van der Waals surface area contributed by atoms with E-state index in [0.29, 0.717) is 24.3 Å². The molecule has 0 radical (unpaired) electrons. The van der Waals surface area contributed by atoms with Gasteiger partial charge in [-0.05, 0) is 36.6 Å². The number of hydrogen-bond acceptors (Lipinski definition) is 3. The number of sulfone groups is 1. The normalized spacial score (nSPS) is 11.0. The SMILES string of the molecule is C=CC(=O)NCCc1ccc(S(=O)(=O)CCC)cc1. The smallest absolute Gasteiger partial charge is 0.243 e. The van der Waals surface area contributed by atoms with Crippen LogP contribution in [0.25, 0.3) is 0 Å². The van der Waals surface area contributed by atoms with E-state index < -0.39 is 9.84 Å². The third kappa shape index (κ3) is 4.87. The summed E-state index contributed by atoms with van der Waals surface area (Å²) in [6.07, 6.45) is 2.49. The van der Waals surface area contributed by atoms with Crippen molar-refractivity contribution >= 4 is 15.7 Å². The van der Waals surface area contributed by atoms with E-state index in [2.05, 4.69) is 11.9 Å². The van der Waals surface area contributed by atoms with Crippen molar-refractivity contribution < 1.29 is 13.2 Å². The molecule has 1 aromatic rings. The first-order chi connectivity index (χ1) is 8.99. The van der Waals surface area contributed by atoms with Gasteiger partial charge in [0.1, 0.15) is 0 Å². The lowest BCUT2D eigenvalue weighted by molar-refractivity contribution is -0.116. The molecule has 0 aliphatic heterocycles. The van der Waals surface area contributed by atoms with Crippen molar-refractivity contribution in [2.75, 3.05) is 12.3 Å². The fourth-order valence-corrected chi connectivity index (χ4v) is 2.98. The zero-order chi connectivity index (χ0) is 14.3. The van der Waals surface area contributed by atoms with Gasteiger partial charge in [-0.2, -0.15) is 0 Å². The molecule has 0 saturated carbocycles. The van der Waals surface area contributed by atoms with Crippen LogP contribution >= 0.6 is 0 Å². The number of carbonyl (C=O) groups is 1. The zero-order valence-corrected chi connectivity index (χ0v) is 11.9. The summed E-state index contributed by atoms with van der Waals surface area (Å²) in [5.41, 5.74) is 0.986. The van der Waals surface area contributed by atoms with Gasteiger partial charge in [-0.1, -0.05) is 25.6 Å². The summed E-state index contributed by atoms with van der Waals surface area (Å²) in [7, 11) is -3.15. The van der Waals surface area contributed by atoms with Crippen molar-refractivity contribution in [3.63, 3.8) is 0 Å². The van der Waals surface area contributed by atoms with Gasteiger partial charge in [0.2, 0.25) is 5.91 Å². The Morgan fingerprint density at radius 3 is 2.47 bits per heavy atom. The molecule has 0 spiro atoms. The average molecular weight is 281 g/mol. The van der Waals surface area contributed by atoms with Crippen LogP contribution in [0.5, 0.6) is 0 Å². The molecular formula is C14H19NO3S. The predicted molar refractivity (Wildman–Crippen MR) is 75.7 cm³/mol. The topological polar surface area (TPSA) is 63.2 Å². The van der Waals surface area contributed by atoms with Gasteiger partial charge in [0.05, 0.1) is 10.6 Å². The highest BCUT2D eigenvalue weighted by molar-refractivity contribution is 7.91. The fourth-order valence-electron chi connectivity index (χ4n) is 1.65. The maximum absolute atomic E-state index is 11.8. The molecule has 0 bridgehead atoms. The minimum absolute atomic E-state index is 0.168. The van der Waals surface area contributed by atoms with Crippen LogP contribution in [-0.4, -0.2) is 26.6 Å². The van der Waals surface area contributed by atoms with Crippen LogP contribution in [0, 0.1) is 0 Å². The first kappa shape index (κ1) is 15.4. The second-order valence-corrected chi connectivity index (χ2v) is 6.32. The van der Waals surface area contributed by atoms with Crippen LogP contribution in [0.4, 0.5) is 0 Å². The molecule has 0 atom stereocenters. The van der Waals surface area contributed by atoms with Crippen molar-refractivity contribution in [1.29, 1.82) is 0 Å². The number of benzene rings is 1. The van der Waals surface area contributed by atoms with Gasteiger partial charge < -0.3 is 5.32 Å². The molecule has 0 saturated heterocycles. The van der Waals surface area contributed by atoms with Crippen LogP contribution in [0.15, 0.2) is 41.8 Å². The van der Waals surface area contributed by atoms with Crippen molar-refractivity contribution in [3.05, 3.63) is 42.5 Å². The molecule has 4 nitrogen and oxygen atoms in total. The first-order valence-corrected chi connectivity index (χ1v) is 7.87. The Bertz CT molecular complexity index is 532. The molecule has 1 rings (SSSR count). The van der Waals surface area contributed by atoms with Crippen molar-refractivity contribution in [3.8, 4) is 0 Å². The summed E-state index contributed by atoms with van der Waals surface area (Å²) in [6, 6.07) is 6.80. The second-order valence-electron chi connectivity index (χ2n) is 4.21. The van der Waals surface area contributed by atoms with Crippen LogP contribution in [-0.2, 0) is 21.1 Å². The van der Waals surface area contributed by atoms with Crippen molar-refractivity contribution in [2.24, 2.45) is 0 Å². The lowest BCUT2D eigenvalue weighted by Crippen LogP contribution is -2.23. The Labute approximate surface area is 114 Å². The zero-order valence-electron chi connectivity index (χ0n) is 11.1. The standard InChI is InChI=1S/C14H19NO3S/c1-3-11-19(17,18)13-7-5-12(6-8-13)9-10-15-14(16)4-2/h4-8H,2-3,9-11H2,1H3,(H,15,16). The molecule has 0 aliphatic carbocycles. The van der Waals surface area contributed by atoms with Crippen molar-refractivity contribution in [2.45, 2.75) is 24.7 Å². The van der Waals surface area contributed by atoms with Gasteiger partial charge in [-0.15, -0.1) is 0 Å². The number of rotatable bonds is 7. The lowest BCUT2D eigenvalue weighted by Gasteiger charge is -2.05. The highest BCUT2D eigenvalue weighted by Gasteiger charge is 2.12. The summed E-state index contributed by atoms with van der Waals surface area (Å²) in [4.78, 5) is 11.3. The average Bonchev–Trinajstić information content (AvgIpc) is 2.39. The molecule has 5 heteroatoms. The molecule has 1 amide bonds. The van der Waals surface area contributed by atoms with Gasteiger partial charge in [-0.3, -0.25) is 4.79 Å². The fraction of sp³-hybridized carbons (Fsp3) is 0.357. The quantitative estimate of drug-likeness (QED) is 0.774. The largest absolute Gasteiger partial charge is 0.352 e. The molecule has 0 unspecified atom stereocenters. The van der Waals surface area contributed by atoms with Crippen molar-refractivity contribution in [1.82, 2.24) is 5.32 Å². The minimum atomic E-state index is -3.15. The van der Waals surface area contributed by atoms with Crippen LogP contribution in [0.2, 0.25) is 0 Å². The molecule has 0 aromatic heterocycles. The summed E-state index contributed by atoms with van der Waals surface area (Å²) >= 11 is 0. The van der Waals surface area contributed by atoms with Gasteiger partial charge >= 0.3 is 0 Å². The highest BCUT2D eigenvalue weighted by atomic mass is 32.2. The molecule has 104 valence electrons. The van der Waals surface area contributed by atoms with E-state index in [4.69, 9.17) is 0 Å². The third-order valence-corrected chi connectivity index (χ3v) is 4.59. The van der Waals surface area contributed by atoms with Crippen LogP contribution in [0.1, 0.15) is 18.9 Å². The Hall–Kier alpha value is -1.62. The van der Waals surface area contributed by atoms with Gasteiger partial charge in [0.25, 0.3) is 0 Å². The number of nitrogens with one attached hydrogen (secondary N) is 1. The molecule has 1 N–H and O–H groups in total. The van der Waals surface area contributed by atoms with E-state index in [0.717, 1.165) is 5.56 Å². The Morgan fingerprint density at radius 2 is 1.95 bits per heavy atom. The molecular weight excluding hydrogens is 262 g/mol.